The second-order valence-corrected chi connectivity index (χ2v) is 6.16. The first kappa shape index (κ1) is 18.3. The fourth-order valence-corrected chi connectivity index (χ4v) is 2.33. The molecule has 7 nitrogen and oxygen atoms in total. The number of hydrogen-bond acceptors (Lipinski definition) is 6. The summed E-state index contributed by atoms with van der Waals surface area (Å²) in [7, 11) is 0. The van der Waals surface area contributed by atoms with Crippen molar-refractivity contribution in [3.8, 4) is 5.75 Å². The van der Waals surface area contributed by atoms with Crippen LogP contribution < -0.4 is 15.4 Å². The largest absolute Gasteiger partial charge is 0.491 e. The summed E-state index contributed by atoms with van der Waals surface area (Å²) in [5.41, 5.74) is 2.08. The summed E-state index contributed by atoms with van der Waals surface area (Å²) >= 11 is 0. The molecular weight excluding hydrogens is 342 g/mol. The highest BCUT2D eigenvalue weighted by Crippen LogP contribution is 2.19. The summed E-state index contributed by atoms with van der Waals surface area (Å²) in [4.78, 5) is 16.1. The molecule has 7 heteroatoms. The van der Waals surface area contributed by atoms with E-state index in [0.717, 1.165) is 17.0 Å². The van der Waals surface area contributed by atoms with E-state index in [1.165, 1.54) is 0 Å². The number of hydrogen-bond donors (Lipinski definition) is 2. The lowest BCUT2D eigenvalue weighted by Crippen LogP contribution is -2.24. The summed E-state index contributed by atoms with van der Waals surface area (Å²) < 4.78 is 5.61. The van der Waals surface area contributed by atoms with Crippen LogP contribution in [0.2, 0.25) is 0 Å². The Kier molecular flexibility index (Phi) is 5.94. The lowest BCUT2D eigenvalue weighted by atomic mass is 10.2. The minimum absolute atomic E-state index is 0.131. The number of carbonyl (C=O) groups excluding carboxylic acids is 1. The molecule has 0 saturated carbocycles. The Morgan fingerprint density at radius 3 is 2.37 bits per heavy atom. The van der Waals surface area contributed by atoms with E-state index in [1.807, 2.05) is 50.2 Å². The van der Waals surface area contributed by atoms with Gasteiger partial charge in [0.15, 0.2) is 11.5 Å². The van der Waals surface area contributed by atoms with Crippen molar-refractivity contribution in [2.45, 2.75) is 26.5 Å². The van der Waals surface area contributed by atoms with E-state index in [9.17, 15) is 4.79 Å². The summed E-state index contributed by atoms with van der Waals surface area (Å²) in [6, 6.07) is 14.6. The highest BCUT2D eigenvalue weighted by Gasteiger charge is 2.08. The average molecular weight is 363 g/mol. The number of amides is 1. The third-order valence-corrected chi connectivity index (χ3v) is 3.60. The van der Waals surface area contributed by atoms with Crippen LogP contribution in [0.4, 0.5) is 11.5 Å². The van der Waals surface area contributed by atoms with Gasteiger partial charge in [-0.25, -0.2) is 0 Å². The number of rotatable bonds is 7. The smallest absolute Gasteiger partial charge is 0.272 e. The van der Waals surface area contributed by atoms with Gasteiger partial charge in [-0.05, 0) is 67.9 Å². The molecule has 138 valence electrons. The molecule has 3 rings (SSSR count). The van der Waals surface area contributed by atoms with Crippen LogP contribution in [0.25, 0.3) is 0 Å². The Balaban J connectivity index is 1.55. The Morgan fingerprint density at radius 1 is 1.00 bits per heavy atom. The van der Waals surface area contributed by atoms with Gasteiger partial charge in [0.25, 0.3) is 5.91 Å². The van der Waals surface area contributed by atoms with Crippen LogP contribution in [0.15, 0.2) is 60.9 Å². The van der Waals surface area contributed by atoms with Crippen molar-refractivity contribution in [2.75, 3.05) is 5.32 Å². The van der Waals surface area contributed by atoms with Gasteiger partial charge in [-0.3, -0.25) is 9.78 Å². The second-order valence-electron chi connectivity index (χ2n) is 6.16. The van der Waals surface area contributed by atoms with Crippen molar-refractivity contribution >= 4 is 17.4 Å². The molecule has 1 amide bonds. The Hall–Kier alpha value is -3.48. The highest BCUT2D eigenvalue weighted by molar-refractivity contribution is 5.92. The van der Waals surface area contributed by atoms with E-state index in [0.29, 0.717) is 12.4 Å². The van der Waals surface area contributed by atoms with E-state index in [1.54, 1.807) is 24.5 Å². The van der Waals surface area contributed by atoms with E-state index in [2.05, 4.69) is 25.8 Å². The summed E-state index contributed by atoms with van der Waals surface area (Å²) in [5, 5.41) is 14.0. The van der Waals surface area contributed by atoms with E-state index >= 15 is 0 Å². The molecular formula is C20H21N5O2. The number of pyridine rings is 1. The van der Waals surface area contributed by atoms with Crippen LogP contribution in [0, 0.1) is 0 Å². The highest BCUT2D eigenvalue weighted by atomic mass is 16.5. The lowest BCUT2D eigenvalue weighted by molar-refractivity contribution is 0.0945. The van der Waals surface area contributed by atoms with E-state index in [-0.39, 0.29) is 17.7 Å². The number of carbonyl (C=O) groups is 1. The topological polar surface area (TPSA) is 89.0 Å². The first-order chi connectivity index (χ1) is 13.1. The normalized spacial score (nSPS) is 10.5. The maximum atomic E-state index is 12.1. The molecule has 0 fully saturated rings. The fraction of sp³-hybridized carbons (Fsp3) is 0.200. The molecule has 0 atom stereocenters. The predicted octanol–water partition coefficient (Wildman–Crippen LogP) is 3.33. The van der Waals surface area contributed by atoms with Crippen LogP contribution >= 0.6 is 0 Å². The monoisotopic (exact) mass is 363 g/mol. The third kappa shape index (κ3) is 5.50. The molecule has 0 spiro atoms. The van der Waals surface area contributed by atoms with E-state index < -0.39 is 0 Å². The molecule has 3 aromatic rings. The first-order valence-electron chi connectivity index (χ1n) is 8.65. The van der Waals surface area contributed by atoms with Gasteiger partial charge in [0, 0.05) is 24.6 Å². The molecule has 0 saturated heterocycles. The third-order valence-electron chi connectivity index (χ3n) is 3.60. The molecule has 0 unspecified atom stereocenters. The standard InChI is InChI=1S/C20H21N5O2/c1-14(2)27-17-5-3-16(4-6-17)23-19-8-7-18(24-25-19)20(26)22-13-15-9-11-21-12-10-15/h3-12,14H,13H2,1-2H3,(H,22,26)(H,23,25). The Morgan fingerprint density at radius 2 is 1.74 bits per heavy atom. The van der Waals surface area contributed by atoms with Crippen molar-refractivity contribution in [2.24, 2.45) is 0 Å². The minimum atomic E-state index is -0.277. The summed E-state index contributed by atoms with van der Waals surface area (Å²) in [5.74, 6) is 1.09. The quantitative estimate of drug-likeness (QED) is 0.669. The van der Waals surface area contributed by atoms with Crippen LogP contribution in [0.5, 0.6) is 5.75 Å². The minimum Gasteiger partial charge on any atom is -0.491 e. The second kappa shape index (κ2) is 8.75. The zero-order chi connectivity index (χ0) is 19.1. The molecule has 0 aliphatic carbocycles. The van der Waals surface area contributed by atoms with Crippen LogP contribution in [-0.2, 0) is 6.54 Å². The number of nitrogens with one attached hydrogen (secondary N) is 2. The van der Waals surface area contributed by atoms with Gasteiger partial charge >= 0.3 is 0 Å². The molecule has 2 N–H and O–H groups in total. The Labute approximate surface area is 157 Å². The van der Waals surface area contributed by atoms with Gasteiger partial charge in [0.05, 0.1) is 6.10 Å². The van der Waals surface area contributed by atoms with Crippen molar-refractivity contribution in [1.82, 2.24) is 20.5 Å². The van der Waals surface area contributed by atoms with Gasteiger partial charge in [-0.2, -0.15) is 0 Å². The number of nitrogens with zero attached hydrogens (tertiary/aromatic N) is 3. The van der Waals surface area contributed by atoms with Crippen molar-refractivity contribution in [3.63, 3.8) is 0 Å². The van der Waals surface area contributed by atoms with Crippen molar-refractivity contribution in [1.29, 1.82) is 0 Å². The van der Waals surface area contributed by atoms with Crippen LogP contribution in [0.3, 0.4) is 0 Å². The van der Waals surface area contributed by atoms with Gasteiger partial charge in [0.1, 0.15) is 5.75 Å². The molecule has 0 radical (unpaired) electrons. The molecule has 0 bridgehead atoms. The average Bonchev–Trinajstić information content (AvgIpc) is 2.69. The zero-order valence-corrected chi connectivity index (χ0v) is 15.2. The SMILES string of the molecule is CC(C)Oc1ccc(Nc2ccc(C(=O)NCc3ccncc3)nn2)cc1. The van der Waals surface area contributed by atoms with Gasteiger partial charge in [0.2, 0.25) is 0 Å². The number of anilines is 2. The molecule has 1 aromatic carbocycles. The van der Waals surface area contributed by atoms with E-state index in [4.69, 9.17) is 4.74 Å². The molecule has 0 aliphatic heterocycles. The maximum absolute atomic E-state index is 12.1. The Bertz CT molecular complexity index is 865. The first-order valence-corrected chi connectivity index (χ1v) is 8.65. The number of ether oxygens (including phenoxy) is 1. The predicted molar refractivity (Wildman–Crippen MR) is 103 cm³/mol. The lowest BCUT2D eigenvalue weighted by Gasteiger charge is -2.10. The molecule has 0 aliphatic rings. The summed E-state index contributed by atoms with van der Waals surface area (Å²) in [6.07, 6.45) is 3.50. The summed E-state index contributed by atoms with van der Waals surface area (Å²) in [6.45, 7) is 4.38. The fourth-order valence-electron chi connectivity index (χ4n) is 2.33. The molecule has 27 heavy (non-hydrogen) atoms. The van der Waals surface area contributed by atoms with Crippen LogP contribution in [0.1, 0.15) is 29.9 Å². The van der Waals surface area contributed by atoms with Gasteiger partial charge in [-0.1, -0.05) is 0 Å². The number of aromatic nitrogens is 3. The maximum Gasteiger partial charge on any atom is 0.272 e. The van der Waals surface area contributed by atoms with Gasteiger partial charge < -0.3 is 15.4 Å². The molecule has 2 heterocycles. The number of benzene rings is 1. The zero-order valence-electron chi connectivity index (χ0n) is 15.2. The van der Waals surface area contributed by atoms with Crippen molar-refractivity contribution < 1.29 is 9.53 Å². The van der Waals surface area contributed by atoms with Gasteiger partial charge in [-0.15, -0.1) is 10.2 Å². The van der Waals surface area contributed by atoms with Crippen LogP contribution in [-0.4, -0.2) is 27.2 Å². The van der Waals surface area contributed by atoms with Crippen molar-refractivity contribution in [3.05, 3.63) is 72.2 Å². The molecule has 2 aromatic heterocycles.